The lowest BCUT2D eigenvalue weighted by molar-refractivity contribution is -0.117. The summed E-state index contributed by atoms with van der Waals surface area (Å²) in [6.45, 7) is 2.39. The quantitative estimate of drug-likeness (QED) is 0.727. The second-order valence-corrected chi connectivity index (χ2v) is 9.56. The molecule has 0 radical (unpaired) electrons. The number of hydrogen-bond acceptors (Lipinski definition) is 6. The van der Waals surface area contributed by atoms with E-state index in [4.69, 9.17) is 5.26 Å². The van der Waals surface area contributed by atoms with Crippen molar-refractivity contribution in [2.45, 2.75) is 4.90 Å². The van der Waals surface area contributed by atoms with E-state index >= 15 is 0 Å². The summed E-state index contributed by atoms with van der Waals surface area (Å²) in [4.78, 5) is 16.4. The van der Waals surface area contributed by atoms with Gasteiger partial charge < -0.3 is 10.2 Å². The van der Waals surface area contributed by atoms with E-state index in [0.717, 1.165) is 4.31 Å². The minimum Gasteiger partial charge on any atom is -0.367 e. The molecule has 164 valence electrons. The predicted octanol–water partition coefficient (Wildman–Crippen LogP) is 1.71. The zero-order valence-electron chi connectivity index (χ0n) is 17.4. The molecule has 2 aromatic rings. The molecule has 1 saturated heterocycles. The normalized spacial score (nSPS) is 15.0. The molecule has 1 N–H and O–H groups in total. The van der Waals surface area contributed by atoms with Crippen LogP contribution in [0.15, 0.2) is 47.4 Å². The Morgan fingerprint density at radius 2 is 1.87 bits per heavy atom. The molecule has 31 heavy (non-hydrogen) atoms. The molecule has 0 bridgehead atoms. The standard InChI is InChI=1S/C21H24FN5O3S/c1-25(2)31(29,30)18-5-3-4-17(13-18)24-21(28)15-26-8-10-27(11-9-26)20-7-6-16(14-23)12-19(20)22/h3-7,12-13H,8-11,15H2,1-2H3,(H,24,28). The first-order chi connectivity index (χ1) is 14.7. The zero-order chi connectivity index (χ0) is 22.6. The molecule has 0 atom stereocenters. The molecule has 0 unspecified atom stereocenters. The average Bonchev–Trinajstić information content (AvgIpc) is 2.74. The Morgan fingerprint density at radius 1 is 1.16 bits per heavy atom. The summed E-state index contributed by atoms with van der Waals surface area (Å²) in [5.74, 6) is -0.685. The molecule has 0 aromatic heterocycles. The topological polar surface area (TPSA) is 96.8 Å². The van der Waals surface area contributed by atoms with Crippen LogP contribution in [0.2, 0.25) is 0 Å². The van der Waals surface area contributed by atoms with Crippen LogP contribution in [-0.2, 0) is 14.8 Å². The number of carbonyl (C=O) groups is 1. The lowest BCUT2D eigenvalue weighted by atomic mass is 10.2. The fraction of sp³-hybridized carbons (Fsp3) is 0.333. The van der Waals surface area contributed by atoms with Gasteiger partial charge in [0.1, 0.15) is 5.82 Å². The van der Waals surface area contributed by atoms with Gasteiger partial charge in [-0.3, -0.25) is 9.69 Å². The number of piperazine rings is 1. The van der Waals surface area contributed by atoms with Crippen LogP contribution in [0, 0.1) is 17.1 Å². The first kappa shape index (κ1) is 22.7. The number of sulfonamides is 1. The van der Waals surface area contributed by atoms with Gasteiger partial charge in [-0.2, -0.15) is 5.26 Å². The third-order valence-electron chi connectivity index (χ3n) is 5.05. The van der Waals surface area contributed by atoms with Gasteiger partial charge in [-0.15, -0.1) is 0 Å². The summed E-state index contributed by atoms with van der Waals surface area (Å²) in [6.07, 6.45) is 0. The molecular weight excluding hydrogens is 421 g/mol. The van der Waals surface area contributed by atoms with Crippen LogP contribution in [0.5, 0.6) is 0 Å². The number of nitriles is 1. The fourth-order valence-corrected chi connectivity index (χ4v) is 4.28. The van der Waals surface area contributed by atoms with Gasteiger partial charge in [0.2, 0.25) is 15.9 Å². The number of halogens is 1. The van der Waals surface area contributed by atoms with Crippen LogP contribution in [0.4, 0.5) is 15.8 Å². The lowest BCUT2D eigenvalue weighted by Gasteiger charge is -2.35. The van der Waals surface area contributed by atoms with Gasteiger partial charge in [-0.05, 0) is 36.4 Å². The van der Waals surface area contributed by atoms with E-state index < -0.39 is 15.8 Å². The Hall–Kier alpha value is -3.00. The molecule has 1 aliphatic heterocycles. The first-order valence-corrected chi connectivity index (χ1v) is 11.1. The minimum atomic E-state index is -3.59. The van der Waals surface area contributed by atoms with Crippen molar-refractivity contribution in [1.29, 1.82) is 5.26 Å². The monoisotopic (exact) mass is 445 g/mol. The van der Waals surface area contributed by atoms with Crippen LogP contribution < -0.4 is 10.2 Å². The maximum Gasteiger partial charge on any atom is 0.242 e. The minimum absolute atomic E-state index is 0.105. The molecule has 2 aromatic carbocycles. The Morgan fingerprint density at radius 3 is 2.48 bits per heavy atom. The van der Waals surface area contributed by atoms with Gasteiger partial charge >= 0.3 is 0 Å². The Bertz CT molecular complexity index is 1110. The number of nitrogens with one attached hydrogen (secondary N) is 1. The summed E-state index contributed by atoms with van der Waals surface area (Å²) >= 11 is 0. The maximum atomic E-state index is 14.2. The molecular formula is C21H24FN5O3S. The summed E-state index contributed by atoms with van der Waals surface area (Å²) < 4.78 is 39.8. The highest BCUT2D eigenvalue weighted by Crippen LogP contribution is 2.22. The van der Waals surface area contributed by atoms with Crippen molar-refractivity contribution in [3.63, 3.8) is 0 Å². The SMILES string of the molecule is CN(C)S(=O)(=O)c1cccc(NC(=O)CN2CCN(c3ccc(C#N)cc3F)CC2)c1. The smallest absolute Gasteiger partial charge is 0.242 e. The Labute approximate surface area is 181 Å². The third-order valence-corrected chi connectivity index (χ3v) is 6.86. The molecule has 1 amide bonds. The van der Waals surface area contributed by atoms with Crippen LogP contribution >= 0.6 is 0 Å². The van der Waals surface area contributed by atoms with Crippen molar-refractivity contribution >= 4 is 27.3 Å². The van der Waals surface area contributed by atoms with Crippen LogP contribution in [0.25, 0.3) is 0 Å². The largest absolute Gasteiger partial charge is 0.367 e. The van der Waals surface area contributed by atoms with E-state index in [1.165, 1.54) is 32.3 Å². The van der Waals surface area contributed by atoms with Crippen molar-refractivity contribution in [2.75, 3.05) is 57.0 Å². The Kier molecular flexibility index (Phi) is 6.90. The molecule has 10 heteroatoms. The van der Waals surface area contributed by atoms with E-state index in [0.29, 0.717) is 37.6 Å². The summed E-state index contributed by atoms with van der Waals surface area (Å²) in [5.41, 5.74) is 1.13. The van der Waals surface area contributed by atoms with Crippen molar-refractivity contribution in [2.24, 2.45) is 0 Å². The van der Waals surface area contributed by atoms with Gasteiger partial charge in [-0.25, -0.2) is 17.1 Å². The van der Waals surface area contributed by atoms with Crippen molar-refractivity contribution in [3.05, 3.63) is 53.8 Å². The average molecular weight is 446 g/mol. The maximum absolute atomic E-state index is 14.2. The highest BCUT2D eigenvalue weighted by Gasteiger charge is 2.22. The van der Waals surface area contributed by atoms with E-state index in [1.807, 2.05) is 15.9 Å². The summed E-state index contributed by atoms with van der Waals surface area (Å²) in [5, 5.41) is 11.6. The van der Waals surface area contributed by atoms with E-state index in [-0.39, 0.29) is 22.9 Å². The highest BCUT2D eigenvalue weighted by molar-refractivity contribution is 7.89. The molecule has 1 aliphatic rings. The number of carbonyl (C=O) groups excluding carboxylic acids is 1. The molecule has 1 heterocycles. The molecule has 8 nitrogen and oxygen atoms in total. The van der Waals surface area contributed by atoms with Gasteiger partial charge in [0.15, 0.2) is 0 Å². The lowest BCUT2D eigenvalue weighted by Crippen LogP contribution is -2.48. The number of rotatable bonds is 6. The second-order valence-electron chi connectivity index (χ2n) is 7.40. The fourth-order valence-electron chi connectivity index (χ4n) is 3.33. The van der Waals surface area contributed by atoms with E-state index in [9.17, 15) is 17.6 Å². The number of anilines is 2. The first-order valence-electron chi connectivity index (χ1n) is 9.70. The highest BCUT2D eigenvalue weighted by atomic mass is 32.2. The van der Waals surface area contributed by atoms with Crippen molar-refractivity contribution < 1.29 is 17.6 Å². The molecule has 3 rings (SSSR count). The third kappa shape index (κ3) is 5.38. The van der Waals surface area contributed by atoms with E-state index in [1.54, 1.807) is 24.3 Å². The zero-order valence-corrected chi connectivity index (χ0v) is 18.2. The predicted molar refractivity (Wildman–Crippen MR) is 116 cm³/mol. The van der Waals surface area contributed by atoms with Crippen molar-refractivity contribution in [1.82, 2.24) is 9.21 Å². The number of hydrogen-bond donors (Lipinski definition) is 1. The summed E-state index contributed by atoms with van der Waals surface area (Å²) in [7, 11) is -0.688. The number of amides is 1. The molecule has 1 fully saturated rings. The van der Waals surface area contributed by atoms with Gasteiger partial charge in [0.25, 0.3) is 0 Å². The number of benzene rings is 2. The molecule has 0 aliphatic carbocycles. The van der Waals surface area contributed by atoms with Crippen LogP contribution in [0.1, 0.15) is 5.56 Å². The van der Waals surface area contributed by atoms with Gasteiger partial charge in [-0.1, -0.05) is 6.07 Å². The number of nitrogens with zero attached hydrogens (tertiary/aromatic N) is 4. The van der Waals surface area contributed by atoms with E-state index in [2.05, 4.69) is 5.32 Å². The van der Waals surface area contributed by atoms with Gasteiger partial charge in [0, 0.05) is 46.0 Å². The van der Waals surface area contributed by atoms with Gasteiger partial charge in [0.05, 0.1) is 28.8 Å². The van der Waals surface area contributed by atoms with Crippen molar-refractivity contribution in [3.8, 4) is 6.07 Å². The van der Waals surface area contributed by atoms with Crippen LogP contribution in [-0.4, -0.2) is 70.3 Å². The van der Waals surface area contributed by atoms with Crippen LogP contribution in [0.3, 0.4) is 0 Å². The molecule has 0 saturated carbocycles. The summed E-state index contributed by atoms with van der Waals surface area (Å²) in [6, 6.07) is 12.5. The molecule has 0 spiro atoms. The second kappa shape index (κ2) is 9.43. The Balaban J connectivity index is 1.56.